The van der Waals surface area contributed by atoms with E-state index in [4.69, 9.17) is 14.2 Å². The third kappa shape index (κ3) is 3.82. The van der Waals surface area contributed by atoms with Crippen LogP contribution in [0.1, 0.15) is 0 Å². The van der Waals surface area contributed by atoms with E-state index in [1.54, 1.807) is 11.9 Å². The Kier molecular flexibility index (Phi) is 4.83. The molecular formula is C22H21NO4. The van der Waals surface area contributed by atoms with Gasteiger partial charge in [-0.1, -0.05) is 48.5 Å². The Bertz CT molecular complexity index is 950. The highest BCUT2D eigenvalue weighted by Gasteiger charge is 2.23. The first kappa shape index (κ1) is 17.2. The molecule has 1 aliphatic rings. The van der Waals surface area contributed by atoms with Gasteiger partial charge in [-0.05, 0) is 23.6 Å². The number of fused-ring (bicyclic) bond motifs is 2. The topological polar surface area (TPSA) is 48.0 Å². The van der Waals surface area contributed by atoms with Gasteiger partial charge in [-0.2, -0.15) is 0 Å². The van der Waals surface area contributed by atoms with Crippen LogP contribution in [0.3, 0.4) is 0 Å². The van der Waals surface area contributed by atoms with E-state index in [1.165, 1.54) is 0 Å². The van der Waals surface area contributed by atoms with Crippen LogP contribution in [0.4, 0.5) is 0 Å². The summed E-state index contributed by atoms with van der Waals surface area (Å²) in [5, 5.41) is 2.08. The Morgan fingerprint density at radius 1 is 1.04 bits per heavy atom. The van der Waals surface area contributed by atoms with Crippen LogP contribution >= 0.6 is 0 Å². The van der Waals surface area contributed by atoms with E-state index in [-0.39, 0.29) is 18.6 Å². The van der Waals surface area contributed by atoms with Gasteiger partial charge in [0.25, 0.3) is 5.91 Å². The molecule has 0 spiro atoms. The largest absolute Gasteiger partial charge is 0.486 e. The SMILES string of the molecule is CN(CC1COc2ccccc2O1)C(=O)COc1cccc2ccccc12. The maximum atomic E-state index is 12.5. The van der Waals surface area contributed by atoms with Gasteiger partial charge >= 0.3 is 0 Å². The highest BCUT2D eigenvalue weighted by atomic mass is 16.6. The molecule has 1 unspecified atom stereocenters. The van der Waals surface area contributed by atoms with E-state index in [2.05, 4.69) is 0 Å². The van der Waals surface area contributed by atoms with E-state index in [0.29, 0.717) is 24.7 Å². The summed E-state index contributed by atoms with van der Waals surface area (Å²) in [4.78, 5) is 14.1. The molecule has 0 saturated carbocycles. The van der Waals surface area contributed by atoms with E-state index in [0.717, 1.165) is 16.5 Å². The molecule has 0 N–H and O–H groups in total. The molecule has 138 valence electrons. The normalized spacial score (nSPS) is 15.4. The van der Waals surface area contributed by atoms with Gasteiger partial charge in [0, 0.05) is 12.4 Å². The lowest BCUT2D eigenvalue weighted by molar-refractivity contribution is -0.133. The molecule has 0 bridgehead atoms. The maximum Gasteiger partial charge on any atom is 0.260 e. The highest BCUT2D eigenvalue weighted by molar-refractivity contribution is 5.88. The number of carbonyl (C=O) groups excluding carboxylic acids is 1. The van der Waals surface area contributed by atoms with Crippen molar-refractivity contribution in [2.75, 3.05) is 26.8 Å². The zero-order valence-electron chi connectivity index (χ0n) is 15.1. The number of amides is 1. The van der Waals surface area contributed by atoms with Gasteiger partial charge in [-0.3, -0.25) is 4.79 Å². The molecule has 3 aromatic rings. The lowest BCUT2D eigenvalue weighted by atomic mass is 10.1. The van der Waals surface area contributed by atoms with Crippen molar-refractivity contribution in [2.45, 2.75) is 6.10 Å². The first-order chi connectivity index (χ1) is 13.2. The summed E-state index contributed by atoms with van der Waals surface area (Å²) in [6, 6.07) is 21.3. The predicted octanol–water partition coefficient (Wildman–Crippen LogP) is 3.52. The lowest BCUT2D eigenvalue weighted by Crippen LogP contribution is -2.43. The van der Waals surface area contributed by atoms with Crippen molar-refractivity contribution in [3.63, 3.8) is 0 Å². The smallest absolute Gasteiger partial charge is 0.260 e. The Labute approximate surface area is 158 Å². The highest BCUT2D eigenvalue weighted by Crippen LogP contribution is 2.31. The van der Waals surface area contributed by atoms with Crippen molar-refractivity contribution < 1.29 is 19.0 Å². The number of likely N-dealkylation sites (N-methyl/N-ethyl adjacent to an activating group) is 1. The number of carbonyl (C=O) groups is 1. The fraction of sp³-hybridized carbons (Fsp3) is 0.227. The van der Waals surface area contributed by atoms with Gasteiger partial charge in [0.15, 0.2) is 24.2 Å². The van der Waals surface area contributed by atoms with Crippen molar-refractivity contribution in [3.8, 4) is 17.2 Å². The van der Waals surface area contributed by atoms with Crippen LogP contribution in [0.2, 0.25) is 0 Å². The van der Waals surface area contributed by atoms with Gasteiger partial charge in [0.05, 0.1) is 6.54 Å². The van der Waals surface area contributed by atoms with Crippen LogP contribution in [-0.2, 0) is 4.79 Å². The fourth-order valence-electron chi connectivity index (χ4n) is 3.13. The number of para-hydroxylation sites is 2. The molecule has 0 saturated heterocycles. The summed E-state index contributed by atoms with van der Waals surface area (Å²) >= 11 is 0. The zero-order chi connectivity index (χ0) is 18.6. The molecule has 5 nitrogen and oxygen atoms in total. The van der Waals surface area contributed by atoms with Crippen molar-refractivity contribution in [3.05, 3.63) is 66.7 Å². The number of hydrogen-bond acceptors (Lipinski definition) is 4. The number of rotatable bonds is 5. The van der Waals surface area contributed by atoms with Gasteiger partial charge in [-0.15, -0.1) is 0 Å². The number of hydrogen-bond donors (Lipinski definition) is 0. The molecule has 1 heterocycles. The Morgan fingerprint density at radius 2 is 1.78 bits per heavy atom. The number of benzene rings is 3. The third-order valence-electron chi connectivity index (χ3n) is 4.57. The molecule has 0 fully saturated rings. The summed E-state index contributed by atoms with van der Waals surface area (Å²) in [6.07, 6.45) is -0.202. The Balaban J connectivity index is 1.34. The molecule has 1 atom stereocenters. The minimum absolute atomic E-state index is 0.0192. The first-order valence-corrected chi connectivity index (χ1v) is 8.94. The van der Waals surface area contributed by atoms with E-state index in [9.17, 15) is 4.79 Å². The molecule has 0 radical (unpaired) electrons. The van der Waals surface area contributed by atoms with E-state index in [1.807, 2.05) is 66.7 Å². The second-order valence-corrected chi connectivity index (χ2v) is 6.54. The zero-order valence-corrected chi connectivity index (χ0v) is 15.1. The molecule has 1 amide bonds. The van der Waals surface area contributed by atoms with Crippen LogP contribution < -0.4 is 14.2 Å². The van der Waals surface area contributed by atoms with Crippen LogP contribution in [0, 0.1) is 0 Å². The lowest BCUT2D eigenvalue weighted by Gasteiger charge is -2.29. The third-order valence-corrected chi connectivity index (χ3v) is 4.57. The summed E-state index contributed by atoms with van der Waals surface area (Å²) in [7, 11) is 1.75. The molecular weight excluding hydrogens is 342 g/mol. The predicted molar refractivity (Wildman–Crippen MR) is 103 cm³/mol. The fourth-order valence-corrected chi connectivity index (χ4v) is 3.13. The van der Waals surface area contributed by atoms with Crippen molar-refractivity contribution in [2.24, 2.45) is 0 Å². The second-order valence-electron chi connectivity index (χ2n) is 6.54. The Morgan fingerprint density at radius 3 is 2.67 bits per heavy atom. The monoisotopic (exact) mass is 363 g/mol. The molecule has 0 aliphatic carbocycles. The van der Waals surface area contributed by atoms with Gasteiger partial charge in [-0.25, -0.2) is 0 Å². The molecule has 27 heavy (non-hydrogen) atoms. The first-order valence-electron chi connectivity index (χ1n) is 8.94. The summed E-state index contributed by atoms with van der Waals surface area (Å²) in [5.74, 6) is 2.05. The summed E-state index contributed by atoms with van der Waals surface area (Å²) in [6.45, 7) is 0.833. The summed E-state index contributed by atoms with van der Waals surface area (Å²) < 4.78 is 17.4. The molecule has 4 rings (SSSR count). The standard InChI is InChI=1S/C22H21NO4/c1-23(13-17-14-25-20-10-4-5-11-21(20)27-17)22(24)15-26-19-12-6-8-16-7-2-3-9-18(16)19/h2-12,17H,13-15H2,1H3. The quantitative estimate of drug-likeness (QED) is 0.696. The second kappa shape index (κ2) is 7.58. The van der Waals surface area contributed by atoms with Crippen LogP contribution in [-0.4, -0.2) is 43.7 Å². The van der Waals surface area contributed by atoms with Crippen LogP contribution in [0.25, 0.3) is 10.8 Å². The molecule has 1 aliphatic heterocycles. The van der Waals surface area contributed by atoms with Gasteiger partial charge in [0.2, 0.25) is 0 Å². The average molecular weight is 363 g/mol. The Hall–Kier alpha value is -3.21. The minimum Gasteiger partial charge on any atom is -0.486 e. The minimum atomic E-state index is -0.202. The number of ether oxygens (including phenoxy) is 3. The van der Waals surface area contributed by atoms with Crippen LogP contribution in [0.5, 0.6) is 17.2 Å². The van der Waals surface area contributed by atoms with Crippen LogP contribution in [0.15, 0.2) is 66.7 Å². The molecule has 5 heteroatoms. The average Bonchev–Trinajstić information content (AvgIpc) is 2.71. The van der Waals surface area contributed by atoms with Crippen molar-refractivity contribution >= 4 is 16.7 Å². The summed E-state index contributed by atoms with van der Waals surface area (Å²) in [5.41, 5.74) is 0. The number of nitrogens with zero attached hydrogens (tertiary/aromatic N) is 1. The van der Waals surface area contributed by atoms with Gasteiger partial charge < -0.3 is 19.1 Å². The maximum absolute atomic E-state index is 12.5. The van der Waals surface area contributed by atoms with E-state index >= 15 is 0 Å². The molecule has 3 aromatic carbocycles. The molecule has 0 aromatic heterocycles. The van der Waals surface area contributed by atoms with Gasteiger partial charge in [0.1, 0.15) is 12.4 Å². The van der Waals surface area contributed by atoms with Crippen molar-refractivity contribution in [1.82, 2.24) is 4.90 Å². The van der Waals surface area contributed by atoms with Crippen molar-refractivity contribution in [1.29, 1.82) is 0 Å². The van der Waals surface area contributed by atoms with E-state index < -0.39 is 0 Å².